The largest absolute Gasteiger partial charge is 0.492 e. The van der Waals surface area contributed by atoms with E-state index in [4.69, 9.17) is 9.47 Å². The Hall–Kier alpha value is -1.85. The molecule has 3 rings (SSSR count). The van der Waals surface area contributed by atoms with E-state index in [-0.39, 0.29) is 6.10 Å². The number of ether oxygens (including phenoxy) is 2. The van der Waals surface area contributed by atoms with Crippen LogP contribution in [0.25, 0.3) is 5.69 Å². The fraction of sp³-hybridized carbons (Fsp3) is 0.400. The Morgan fingerprint density at radius 2 is 2.35 bits per heavy atom. The molecule has 0 amide bonds. The minimum atomic E-state index is 0.0286. The summed E-state index contributed by atoms with van der Waals surface area (Å²) in [7, 11) is 0. The van der Waals surface area contributed by atoms with E-state index in [9.17, 15) is 0 Å². The molecule has 0 radical (unpaired) electrons. The van der Waals surface area contributed by atoms with Crippen LogP contribution in [0.2, 0.25) is 0 Å². The van der Waals surface area contributed by atoms with Crippen molar-refractivity contribution >= 4 is 0 Å². The highest BCUT2D eigenvalue weighted by Crippen LogP contribution is 2.27. The van der Waals surface area contributed by atoms with E-state index in [2.05, 4.69) is 10.3 Å². The third-order valence-electron chi connectivity index (χ3n) is 3.35. The van der Waals surface area contributed by atoms with Crippen LogP contribution in [0, 0.1) is 0 Å². The zero-order valence-electron chi connectivity index (χ0n) is 11.6. The van der Waals surface area contributed by atoms with Gasteiger partial charge in [0.25, 0.3) is 0 Å². The summed E-state index contributed by atoms with van der Waals surface area (Å²) >= 11 is 0. The molecule has 2 aromatic rings. The number of rotatable bonds is 4. The van der Waals surface area contributed by atoms with E-state index in [1.54, 1.807) is 0 Å². The first kappa shape index (κ1) is 13.1. The number of para-hydroxylation sites is 2. The Morgan fingerprint density at radius 1 is 1.45 bits per heavy atom. The van der Waals surface area contributed by atoms with Crippen molar-refractivity contribution < 1.29 is 9.47 Å². The van der Waals surface area contributed by atoms with Crippen LogP contribution in [0.15, 0.2) is 36.8 Å². The lowest BCUT2D eigenvalue weighted by molar-refractivity contribution is 0.0240. The number of hydrogen-bond donors (Lipinski definition) is 1. The van der Waals surface area contributed by atoms with Gasteiger partial charge in [0.1, 0.15) is 11.9 Å². The van der Waals surface area contributed by atoms with Gasteiger partial charge in [-0.05, 0) is 19.1 Å². The van der Waals surface area contributed by atoms with Crippen molar-refractivity contribution in [2.75, 3.05) is 26.3 Å². The molecule has 0 spiro atoms. The monoisotopic (exact) mass is 273 g/mol. The topological polar surface area (TPSA) is 48.3 Å². The normalized spacial score (nSPS) is 18.9. The lowest BCUT2D eigenvalue weighted by Gasteiger charge is -2.25. The summed E-state index contributed by atoms with van der Waals surface area (Å²) in [6, 6.07) is 7.99. The van der Waals surface area contributed by atoms with E-state index in [0.29, 0.717) is 6.61 Å². The molecule has 2 heterocycles. The zero-order valence-corrected chi connectivity index (χ0v) is 11.6. The van der Waals surface area contributed by atoms with E-state index in [1.807, 2.05) is 48.3 Å². The van der Waals surface area contributed by atoms with Crippen molar-refractivity contribution in [2.45, 2.75) is 13.0 Å². The minimum Gasteiger partial charge on any atom is -0.492 e. The van der Waals surface area contributed by atoms with E-state index in [1.165, 1.54) is 0 Å². The van der Waals surface area contributed by atoms with E-state index in [0.717, 1.165) is 36.8 Å². The second kappa shape index (κ2) is 6.07. The number of benzene rings is 1. The summed E-state index contributed by atoms with van der Waals surface area (Å²) in [6.45, 7) is 5.06. The molecule has 1 fully saturated rings. The first-order valence-electron chi connectivity index (χ1n) is 6.97. The highest BCUT2D eigenvalue weighted by atomic mass is 16.5. The summed E-state index contributed by atoms with van der Waals surface area (Å²) in [6.07, 6.45) is 3.70. The van der Waals surface area contributed by atoms with Crippen molar-refractivity contribution in [2.24, 2.45) is 0 Å². The van der Waals surface area contributed by atoms with Crippen LogP contribution >= 0.6 is 0 Å². The summed E-state index contributed by atoms with van der Waals surface area (Å²) in [5.41, 5.74) is 2.04. The number of imidazole rings is 1. The van der Waals surface area contributed by atoms with Gasteiger partial charge < -0.3 is 14.8 Å². The molecule has 1 saturated heterocycles. The second-order valence-electron chi connectivity index (χ2n) is 4.65. The van der Waals surface area contributed by atoms with Crippen LogP contribution in [0.5, 0.6) is 5.75 Å². The average molecular weight is 273 g/mol. The molecule has 1 aliphatic heterocycles. The predicted molar refractivity (Wildman–Crippen MR) is 76.3 cm³/mol. The van der Waals surface area contributed by atoms with Crippen LogP contribution in [0.1, 0.15) is 18.7 Å². The zero-order chi connectivity index (χ0) is 13.8. The molecule has 1 unspecified atom stereocenters. The first-order valence-corrected chi connectivity index (χ1v) is 6.97. The van der Waals surface area contributed by atoms with Gasteiger partial charge in [-0.2, -0.15) is 0 Å². The number of morpholine rings is 1. The van der Waals surface area contributed by atoms with Gasteiger partial charge in [0.05, 0.1) is 37.1 Å². The summed E-state index contributed by atoms with van der Waals surface area (Å²) in [5.74, 6) is 0.859. The van der Waals surface area contributed by atoms with Gasteiger partial charge in [-0.1, -0.05) is 12.1 Å². The van der Waals surface area contributed by atoms with Crippen LogP contribution in [0.3, 0.4) is 0 Å². The lowest BCUT2D eigenvalue weighted by Crippen LogP contribution is -2.34. The smallest absolute Gasteiger partial charge is 0.143 e. The lowest BCUT2D eigenvalue weighted by atomic mass is 10.2. The first-order chi connectivity index (χ1) is 9.90. The Balaban J connectivity index is 1.96. The fourth-order valence-corrected chi connectivity index (χ4v) is 2.43. The summed E-state index contributed by atoms with van der Waals surface area (Å²) in [4.78, 5) is 4.27. The van der Waals surface area contributed by atoms with Gasteiger partial charge in [0.2, 0.25) is 0 Å². The third kappa shape index (κ3) is 2.55. The molecule has 1 atom stereocenters. The van der Waals surface area contributed by atoms with E-state index >= 15 is 0 Å². The quantitative estimate of drug-likeness (QED) is 0.924. The Bertz CT molecular complexity index is 562. The highest BCUT2D eigenvalue weighted by Gasteiger charge is 2.21. The Labute approximate surface area is 118 Å². The highest BCUT2D eigenvalue weighted by molar-refractivity contribution is 5.47. The molecule has 1 N–H and O–H groups in total. The summed E-state index contributed by atoms with van der Waals surface area (Å²) in [5, 5.41) is 3.34. The predicted octanol–water partition coefficient (Wildman–Crippen LogP) is 1.93. The molecular weight excluding hydrogens is 254 g/mol. The van der Waals surface area contributed by atoms with Crippen LogP contribution < -0.4 is 10.1 Å². The Morgan fingerprint density at radius 3 is 3.15 bits per heavy atom. The molecule has 5 nitrogen and oxygen atoms in total. The SMILES string of the molecule is CCOc1ccccc1-n1cncc1C1CNCCO1. The van der Waals surface area contributed by atoms with Crippen molar-refractivity contribution in [1.82, 2.24) is 14.9 Å². The Kier molecular flexibility index (Phi) is 3.99. The third-order valence-corrected chi connectivity index (χ3v) is 3.35. The standard InChI is InChI=1S/C15H19N3O2/c1-2-19-14-6-4-3-5-12(14)18-11-17-9-13(18)15-10-16-7-8-20-15/h3-6,9,11,15-16H,2,7-8,10H2,1H3. The van der Waals surface area contributed by atoms with Gasteiger partial charge in [-0.25, -0.2) is 4.98 Å². The van der Waals surface area contributed by atoms with Crippen LogP contribution in [-0.2, 0) is 4.74 Å². The molecule has 106 valence electrons. The van der Waals surface area contributed by atoms with Gasteiger partial charge >= 0.3 is 0 Å². The molecule has 0 aliphatic carbocycles. The van der Waals surface area contributed by atoms with Gasteiger partial charge in [0, 0.05) is 13.1 Å². The van der Waals surface area contributed by atoms with Crippen molar-refractivity contribution in [3.63, 3.8) is 0 Å². The molecule has 1 aromatic carbocycles. The molecule has 5 heteroatoms. The summed E-state index contributed by atoms with van der Waals surface area (Å²) < 4.78 is 13.6. The fourth-order valence-electron chi connectivity index (χ4n) is 2.43. The van der Waals surface area contributed by atoms with Gasteiger partial charge in [-0.3, -0.25) is 4.57 Å². The van der Waals surface area contributed by atoms with Gasteiger partial charge in [0.15, 0.2) is 0 Å². The number of aromatic nitrogens is 2. The maximum atomic E-state index is 5.82. The maximum absolute atomic E-state index is 5.82. The number of nitrogens with zero attached hydrogens (tertiary/aromatic N) is 2. The molecular formula is C15H19N3O2. The van der Waals surface area contributed by atoms with Crippen molar-refractivity contribution in [3.8, 4) is 11.4 Å². The van der Waals surface area contributed by atoms with E-state index < -0.39 is 0 Å². The molecule has 0 saturated carbocycles. The van der Waals surface area contributed by atoms with Crippen molar-refractivity contribution in [1.29, 1.82) is 0 Å². The minimum absolute atomic E-state index is 0.0286. The molecule has 20 heavy (non-hydrogen) atoms. The molecule has 1 aliphatic rings. The van der Waals surface area contributed by atoms with Crippen LogP contribution in [-0.4, -0.2) is 35.9 Å². The molecule has 0 bridgehead atoms. The maximum Gasteiger partial charge on any atom is 0.143 e. The second-order valence-corrected chi connectivity index (χ2v) is 4.65. The molecule has 1 aromatic heterocycles. The van der Waals surface area contributed by atoms with Crippen LogP contribution in [0.4, 0.5) is 0 Å². The number of hydrogen-bond acceptors (Lipinski definition) is 4. The average Bonchev–Trinajstić information content (AvgIpc) is 2.98. The number of nitrogens with one attached hydrogen (secondary N) is 1. The van der Waals surface area contributed by atoms with Gasteiger partial charge in [-0.15, -0.1) is 0 Å². The van der Waals surface area contributed by atoms with Crippen molar-refractivity contribution in [3.05, 3.63) is 42.5 Å².